The highest BCUT2D eigenvalue weighted by atomic mass is 19.1. The van der Waals surface area contributed by atoms with E-state index in [9.17, 15) is 23.6 Å². The maximum absolute atomic E-state index is 13.8. The van der Waals surface area contributed by atoms with Gasteiger partial charge in [0, 0.05) is 42.9 Å². The molecule has 1 aliphatic carbocycles. The van der Waals surface area contributed by atoms with Gasteiger partial charge in [-0.25, -0.2) is 14.1 Å². The molecule has 0 bridgehead atoms. The van der Waals surface area contributed by atoms with Gasteiger partial charge in [-0.1, -0.05) is 18.2 Å². The molecule has 40 heavy (non-hydrogen) atoms. The van der Waals surface area contributed by atoms with Gasteiger partial charge in [-0.05, 0) is 35.7 Å². The molecule has 12 heteroatoms. The molecule has 206 valence electrons. The molecule has 3 aromatic rings. The zero-order chi connectivity index (χ0) is 28.0. The summed E-state index contributed by atoms with van der Waals surface area (Å²) in [4.78, 5) is 53.6. The Hall–Kier alpha value is -4.74. The Morgan fingerprint density at radius 3 is 2.77 bits per heavy atom. The maximum atomic E-state index is 13.8. The van der Waals surface area contributed by atoms with Crippen LogP contribution in [0.5, 0.6) is 5.75 Å². The number of imide groups is 1. The molecule has 1 saturated heterocycles. The molecule has 1 atom stereocenters. The molecule has 1 spiro atoms. The van der Waals surface area contributed by atoms with Crippen LogP contribution in [0.3, 0.4) is 0 Å². The highest BCUT2D eigenvalue weighted by molar-refractivity contribution is 6.06. The van der Waals surface area contributed by atoms with Gasteiger partial charge in [0.2, 0.25) is 17.4 Å². The number of hydrogen-bond acceptors (Lipinski definition) is 7. The Morgan fingerprint density at radius 1 is 1.10 bits per heavy atom. The second-order valence-electron chi connectivity index (χ2n) is 9.97. The lowest BCUT2D eigenvalue weighted by Crippen LogP contribution is -2.45. The Bertz CT molecular complexity index is 1550. The van der Waals surface area contributed by atoms with Crippen molar-refractivity contribution < 1.29 is 33.0 Å². The van der Waals surface area contributed by atoms with Gasteiger partial charge in [-0.2, -0.15) is 5.10 Å². The zero-order valence-corrected chi connectivity index (χ0v) is 21.7. The second-order valence-corrected chi connectivity index (χ2v) is 9.97. The van der Waals surface area contributed by atoms with E-state index in [1.165, 1.54) is 27.8 Å². The van der Waals surface area contributed by atoms with Crippen LogP contribution in [0.1, 0.15) is 23.1 Å². The summed E-state index contributed by atoms with van der Waals surface area (Å²) in [6.45, 7) is 0.134. The summed E-state index contributed by atoms with van der Waals surface area (Å²) in [5.41, 5.74) is 2.13. The first-order valence-electron chi connectivity index (χ1n) is 12.9. The van der Waals surface area contributed by atoms with Crippen molar-refractivity contribution in [2.45, 2.75) is 31.5 Å². The molecule has 11 nitrogen and oxygen atoms in total. The summed E-state index contributed by atoms with van der Waals surface area (Å²) >= 11 is 0. The number of fused-ring (bicyclic) bond motifs is 3. The molecule has 3 heterocycles. The van der Waals surface area contributed by atoms with E-state index in [-0.39, 0.29) is 38.6 Å². The van der Waals surface area contributed by atoms with E-state index in [1.807, 2.05) is 12.1 Å². The minimum absolute atomic E-state index is 0.0947. The topological polar surface area (TPSA) is 123 Å². The van der Waals surface area contributed by atoms with Crippen LogP contribution in [0.25, 0.3) is 11.1 Å². The van der Waals surface area contributed by atoms with E-state index in [0.29, 0.717) is 23.3 Å². The quantitative estimate of drug-likeness (QED) is 0.518. The van der Waals surface area contributed by atoms with Crippen molar-refractivity contribution in [3.63, 3.8) is 0 Å². The lowest BCUT2D eigenvalue weighted by Gasteiger charge is -2.23. The third-order valence-electron chi connectivity index (χ3n) is 7.56. The van der Waals surface area contributed by atoms with Gasteiger partial charge < -0.3 is 19.7 Å². The fourth-order valence-electron chi connectivity index (χ4n) is 5.47. The Kier molecular flexibility index (Phi) is 6.24. The normalized spacial score (nSPS) is 19.6. The largest absolute Gasteiger partial charge is 0.491 e. The number of carbonyl (C=O) groups is 4. The van der Waals surface area contributed by atoms with Crippen LogP contribution in [-0.4, -0.2) is 70.1 Å². The van der Waals surface area contributed by atoms with Crippen LogP contribution in [0, 0.1) is 5.82 Å². The lowest BCUT2D eigenvalue weighted by molar-refractivity contribution is -0.142. The number of rotatable bonds is 5. The van der Waals surface area contributed by atoms with Crippen LogP contribution >= 0.6 is 0 Å². The summed E-state index contributed by atoms with van der Waals surface area (Å²) < 4.78 is 26.6. The summed E-state index contributed by atoms with van der Waals surface area (Å²) in [6, 6.07) is 9.62. The van der Waals surface area contributed by atoms with Crippen LogP contribution < -0.4 is 10.1 Å². The number of ether oxygens (including phenoxy) is 2. The van der Waals surface area contributed by atoms with E-state index in [2.05, 4.69) is 10.4 Å². The van der Waals surface area contributed by atoms with Crippen molar-refractivity contribution >= 4 is 23.8 Å². The van der Waals surface area contributed by atoms with Gasteiger partial charge in [0.05, 0.1) is 12.7 Å². The molecule has 0 radical (unpaired) electrons. The number of halogens is 1. The molecule has 1 aromatic heterocycles. The summed E-state index contributed by atoms with van der Waals surface area (Å²) in [7, 11) is 1.56. The predicted octanol–water partition coefficient (Wildman–Crippen LogP) is 1.98. The van der Waals surface area contributed by atoms with E-state index in [4.69, 9.17) is 9.47 Å². The minimum atomic E-state index is -1.48. The predicted molar refractivity (Wildman–Crippen MR) is 137 cm³/mol. The SMILES string of the molecule is CNC(=O)Cn1cc(-c2ccc3c(c2)CCC32OC(=O)N(CC(=O)N3CCOc4ccc(F)cc4C3)C2=O)cn1. The Balaban J connectivity index is 1.19. The molecular weight excluding hydrogens is 521 g/mol. The van der Waals surface area contributed by atoms with Crippen molar-refractivity contribution in [3.05, 3.63) is 71.3 Å². The maximum Gasteiger partial charge on any atom is 0.418 e. The molecule has 4 amide bonds. The summed E-state index contributed by atoms with van der Waals surface area (Å²) in [6.07, 6.45) is 3.31. The Labute approximate surface area is 228 Å². The molecular formula is C28H26FN5O6. The van der Waals surface area contributed by atoms with E-state index in [0.717, 1.165) is 21.6 Å². The first-order valence-corrected chi connectivity index (χ1v) is 12.9. The van der Waals surface area contributed by atoms with Crippen molar-refractivity contribution in [1.29, 1.82) is 0 Å². The number of likely N-dealkylation sites (N-methyl/N-ethyl adjacent to an activating group) is 1. The molecule has 6 rings (SSSR count). The number of nitrogens with zero attached hydrogens (tertiary/aromatic N) is 4. The number of nitrogens with one attached hydrogen (secondary N) is 1. The fourth-order valence-corrected chi connectivity index (χ4v) is 5.47. The van der Waals surface area contributed by atoms with Gasteiger partial charge >= 0.3 is 6.09 Å². The van der Waals surface area contributed by atoms with Crippen LogP contribution in [0.4, 0.5) is 9.18 Å². The number of aryl methyl sites for hydroxylation is 1. The summed E-state index contributed by atoms with van der Waals surface area (Å²) in [5, 5.41) is 6.78. The third-order valence-corrected chi connectivity index (χ3v) is 7.56. The first kappa shape index (κ1) is 25.5. The van der Waals surface area contributed by atoms with Crippen molar-refractivity contribution in [3.8, 4) is 16.9 Å². The van der Waals surface area contributed by atoms with Crippen molar-refractivity contribution in [2.24, 2.45) is 0 Å². The Morgan fingerprint density at radius 2 is 1.95 bits per heavy atom. The van der Waals surface area contributed by atoms with Crippen molar-refractivity contribution in [2.75, 3.05) is 26.7 Å². The standard InChI is InChI=1S/C28H26FN5O6/c1-30-24(35)15-33-14-20(12-31-33)17-2-4-22-18(10-17)6-7-28(22)26(37)34(27(38)40-28)16-25(36)32-8-9-39-23-5-3-21(29)11-19(23)13-32/h2-5,10-12,14H,6-9,13,15-16H2,1H3,(H,30,35). The van der Waals surface area contributed by atoms with E-state index < -0.39 is 35.9 Å². The van der Waals surface area contributed by atoms with Gasteiger partial charge in [0.15, 0.2) is 0 Å². The van der Waals surface area contributed by atoms with Gasteiger partial charge in [-0.15, -0.1) is 0 Å². The average Bonchev–Trinajstić information content (AvgIpc) is 3.56. The van der Waals surface area contributed by atoms with Crippen LogP contribution in [0.2, 0.25) is 0 Å². The third kappa shape index (κ3) is 4.34. The molecule has 2 aromatic carbocycles. The molecule has 2 aliphatic heterocycles. The zero-order valence-electron chi connectivity index (χ0n) is 21.7. The average molecular weight is 548 g/mol. The number of aromatic nitrogens is 2. The molecule has 3 aliphatic rings. The molecule has 1 unspecified atom stereocenters. The van der Waals surface area contributed by atoms with E-state index >= 15 is 0 Å². The first-order chi connectivity index (χ1) is 19.3. The van der Waals surface area contributed by atoms with Crippen LogP contribution in [0.15, 0.2) is 48.8 Å². The van der Waals surface area contributed by atoms with Gasteiger partial charge in [-0.3, -0.25) is 19.1 Å². The van der Waals surface area contributed by atoms with Crippen molar-refractivity contribution in [1.82, 2.24) is 24.9 Å². The van der Waals surface area contributed by atoms with E-state index in [1.54, 1.807) is 25.5 Å². The van der Waals surface area contributed by atoms with Crippen LogP contribution in [-0.2, 0) is 44.2 Å². The molecule has 0 saturated carbocycles. The number of carbonyl (C=O) groups excluding carboxylic acids is 4. The fraction of sp³-hybridized carbons (Fsp3) is 0.321. The van der Waals surface area contributed by atoms with Gasteiger partial charge in [0.25, 0.3) is 5.91 Å². The lowest BCUT2D eigenvalue weighted by atomic mass is 9.93. The minimum Gasteiger partial charge on any atom is -0.491 e. The van der Waals surface area contributed by atoms with Gasteiger partial charge in [0.1, 0.15) is 31.3 Å². The highest BCUT2D eigenvalue weighted by Crippen LogP contribution is 2.46. The monoisotopic (exact) mass is 547 g/mol. The molecule has 1 N–H and O–H groups in total. The smallest absolute Gasteiger partial charge is 0.418 e. The number of hydrogen-bond donors (Lipinski definition) is 1. The number of amides is 4. The molecule has 1 fully saturated rings. The second kappa shape index (κ2) is 9.78. The number of benzene rings is 2. The summed E-state index contributed by atoms with van der Waals surface area (Å²) in [5.74, 6) is -1.16. The highest BCUT2D eigenvalue weighted by Gasteiger charge is 2.58.